The van der Waals surface area contributed by atoms with E-state index in [1.807, 2.05) is 0 Å². The normalized spacial score (nSPS) is 12.2. The number of hydrogen-bond acceptors (Lipinski definition) is 2. The molecule has 0 saturated heterocycles. The van der Waals surface area contributed by atoms with Crippen molar-refractivity contribution in [1.29, 1.82) is 0 Å². The third-order valence-corrected chi connectivity index (χ3v) is 2.77. The fourth-order valence-electron chi connectivity index (χ4n) is 1.64. The van der Waals surface area contributed by atoms with Crippen molar-refractivity contribution in [3.63, 3.8) is 0 Å². The summed E-state index contributed by atoms with van der Waals surface area (Å²) in [6.45, 7) is 1.70. The van der Waals surface area contributed by atoms with Crippen LogP contribution in [-0.2, 0) is 6.61 Å². The first-order valence-corrected chi connectivity index (χ1v) is 5.91. The van der Waals surface area contributed by atoms with Gasteiger partial charge in [-0.2, -0.15) is 0 Å². The lowest BCUT2D eigenvalue weighted by molar-refractivity contribution is 0.199. The molecule has 1 atom stereocenters. The van der Waals surface area contributed by atoms with E-state index in [0.717, 1.165) is 11.6 Å². The smallest absolute Gasteiger partial charge is 0.132 e. The lowest BCUT2D eigenvalue weighted by Gasteiger charge is -2.09. The molecule has 0 bridgehead atoms. The zero-order valence-corrected chi connectivity index (χ0v) is 10.4. The average molecular weight is 264 g/mol. The fourth-order valence-corrected chi connectivity index (χ4v) is 1.64. The summed E-state index contributed by atoms with van der Waals surface area (Å²) in [4.78, 5) is 0. The fraction of sp³-hybridized carbons (Fsp3) is 0.200. The third kappa shape index (κ3) is 3.51. The molecular formula is C15H14F2O2. The quantitative estimate of drug-likeness (QED) is 0.914. The topological polar surface area (TPSA) is 29.5 Å². The van der Waals surface area contributed by atoms with Crippen LogP contribution >= 0.6 is 0 Å². The van der Waals surface area contributed by atoms with Gasteiger partial charge in [0.05, 0.1) is 6.10 Å². The van der Waals surface area contributed by atoms with E-state index in [2.05, 4.69) is 0 Å². The molecule has 0 unspecified atom stereocenters. The highest BCUT2D eigenvalue weighted by Crippen LogP contribution is 2.19. The predicted octanol–water partition coefficient (Wildman–Crippen LogP) is 3.60. The van der Waals surface area contributed by atoms with Crippen molar-refractivity contribution in [3.8, 4) is 5.75 Å². The summed E-state index contributed by atoms with van der Waals surface area (Å²) in [5.41, 5.74) is 1.07. The van der Waals surface area contributed by atoms with Gasteiger partial charge in [-0.05, 0) is 36.8 Å². The van der Waals surface area contributed by atoms with Crippen molar-refractivity contribution in [2.75, 3.05) is 0 Å². The van der Waals surface area contributed by atoms with Gasteiger partial charge in [0, 0.05) is 11.6 Å². The second-order valence-corrected chi connectivity index (χ2v) is 4.27. The maximum atomic E-state index is 13.4. The molecule has 0 aliphatic carbocycles. The summed E-state index contributed by atoms with van der Waals surface area (Å²) >= 11 is 0. The van der Waals surface area contributed by atoms with E-state index in [9.17, 15) is 13.9 Å². The number of hydrogen-bond donors (Lipinski definition) is 1. The summed E-state index contributed by atoms with van der Waals surface area (Å²) in [5.74, 6) is -0.670. The van der Waals surface area contributed by atoms with Crippen LogP contribution in [0.2, 0.25) is 0 Å². The summed E-state index contributed by atoms with van der Waals surface area (Å²) in [7, 11) is 0. The molecule has 0 spiro atoms. The van der Waals surface area contributed by atoms with Gasteiger partial charge in [0.2, 0.25) is 0 Å². The molecule has 0 radical (unpaired) electrons. The van der Waals surface area contributed by atoms with Gasteiger partial charge in [-0.15, -0.1) is 0 Å². The third-order valence-electron chi connectivity index (χ3n) is 2.77. The van der Waals surface area contributed by atoms with Crippen LogP contribution < -0.4 is 4.74 Å². The Hall–Kier alpha value is -1.94. The van der Waals surface area contributed by atoms with Gasteiger partial charge in [0.1, 0.15) is 24.0 Å². The second-order valence-electron chi connectivity index (χ2n) is 4.27. The predicted molar refractivity (Wildman–Crippen MR) is 67.8 cm³/mol. The molecule has 1 N–H and O–H groups in total. The summed E-state index contributed by atoms with van der Waals surface area (Å²) in [6, 6.07) is 10.2. The Kier molecular flexibility index (Phi) is 4.12. The Morgan fingerprint density at radius 2 is 1.79 bits per heavy atom. The van der Waals surface area contributed by atoms with Crippen molar-refractivity contribution in [2.45, 2.75) is 19.6 Å². The molecule has 2 aromatic rings. The van der Waals surface area contributed by atoms with Crippen molar-refractivity contribution in [1.82, 2.24) is 0 Å². The number of halogens is 2. The van der Waals surface area contributed by atoms with E-state index in [1.165, 1.54) is 12.1 Å². The maximum Gasteiger partial charge on any atom is 0.132 e. The summed E-state index contributed by atoms with van der Waals surface area (Å²) in [6.07, 6.45) is -0.538. The number of benzene rings is 2. The van der Waals surface area contributed by atoms with Crippen molar-refractivity contribution < 1.29 is 18.6 Å². The van der Waals surface area contributed by atoms with Gasteiger partial charge in [-0.25, -0.2) is 8.78 Å². The van der Waals surface area contributed by atoms with E-state index in [1.54, 1.807) is 31.2 Å². The minimum Gasteiger partial charge on any atom is -0.489 e. The zero-order valence-electron chi connectivity index (χ0n) is 10.4. The Morgan fingerprint density at radius 1 is 1.11 bits per heavy atom. The highest BCUT2D eigenvalue weighted by molar-refractivity contribution is 5.28. The van der Waals surface area contributed by atoms with Gasteiger partial charge >= 0.3 is 0 Å². The number of ether oxygens (including phenoxy) is 1. The van der Waals surface area contributed by atoms with E-state index in [0.29, 0.717) is 11.3 Å². The molecule has 0 heterocycles. The Balaban J connectivity index is 2.02. The average Bonchev–Trinajstić information content (AvgIpc) is 2.38. The minimum absolute atomic E-state index is 0.0279. The van der Waals surface area contributed by atoms with Crippen molar-refractivity contribution in [3.05, 3.63) is 65.2 Å². The standard InChI is InChI=1S/C15H14F2O2/c1-10(18)11-3-6-14(7-4-11)19-9-12-2-5-13(16)8-15(12)17/h2-8,10,18H,9H2,1H3/t10-/m0/s1. The van der Waals surface area contributed by atoms with Gasteiger partial charge < -0.3 is 9.84 Å². The molecular weight excluding hydrogens is 250 g/mol. The SMILES string of the molecule is C[C@H](O)c1ccc(OCc2ccc(F)cc2F)cc1. The highest BCUT2D eigenvalue weighted by Gasteiger charge is 2.05. The van der Waals surface area contributed by atoms with Crippen LogP contribution in [0.25, 0.3) is 0 Å². The van der Waals surface area contributed by atoms with Crippen LogP contribution in [-0.4, -0.2) is 5.11 Å². The molecule has 2 aromatic carbocycles. The molecule has 2 rings (SSSR count). The molecule has 0 aliphatic rings. The Morgan fingerprint density at radius 3 is 2.37 bits per heavy atom. The number of aliphatic hydroxyl groups excluding tert-OH is 1. The largest absolute Gasteiger partial charge is 0.489 e. The van der Waals surface area contributed by atoms with Gasteiger partial charge in [0.25, 0.3) is 0 Å². The molecule has 0 fully saturated rings. The molecule has 2 nitrogen and oxygen atoms in total. The van der Waals surface area contributed by atoms with Gasteiger partial charge in [-0.1, -0.05) is 12.1 Å². The first-order valence-electron chi connectivity index (χ1n) is 5.91. The molecule has 0 aliphatic heterocycles. The monoisotopic (exact) mass is 264 g/mol. The molecule has 0 aromatic heterocycles. The van der Waals surface area contributed by atoms with Crippen LogP contribution in [0.5, 0.6) is 5.75 Å². The van der Waals surface area contributed by atoms with Crippen molar-refractivity contribution in [2.24, 2.45) is 0 Å². The summed E-state index contributed by atoms with van der Waals surface area (Å²) in [5, 5.41) is 9.36. The first kappa shape index (κ1) is 13.5. The zero-order chi connectivity index (χ0) is 13.8. The minimum atomic E-state index is -0.624. The first-order chi connectivity index (χ1) is 9.06. The number of rotatable bonds is 4. The van der Waals surface area contributed by atoms with Crippen molar-refractivity contribution >= 4 is 0 Å². The van der Waals surface area contributed by atoms with Crippen LogP contribution in [0, 0.1) is 11.6 Å². The van der Waals surface area contributed by atoms with E-state index >= 15 is 0 Å². The summed E-state index contributed by atoms with van der Waals surface area (Å²) < 4.78 is 31.5. The lowest BCUT2D eigenvalue weighted by Crippen LogP contribution is -1.99. The van der Waals surface area contributed by atoms with E-state index < -0.39 is 17.7 Å². The van der Waals surface area contributed by atoms with Crippen LogP contribution in [0.1, 0.15) is 24.2 Å². The van der Waals surface area contributed by atoms with E-state index in [-0.39, 0.29) is 6.61 Å². The Bertz CT molecular complexity index is 551. The highest BCUT2D eigenvalue weighted by atomic mass is 19.1. The van der Waals surface area contributed by atoms with E-state index in [4.69, 9.17) is 4.74 Å². The molecule has 19 heavy (non-hydrogen) atoms. The molecule has 100 valence electrons. The molecule has 0 amide bonds. The molecule has 0 saturated carbocycles. The molecule has 4 heteroatoms. The van der Waals surface area contributed by atoms with Gasteiger partial charge in [-0.3, -0.25) is 0 Å². The number of aliphatic hydroxyl groups is 1. The van der Waals surface area contributed by atoms with Crippen LogP contribution in [0.15, 0.2) is 42.5 Å². The van der Waals surface area contributed by atoms with Crippen LogP contribution in [0.4, 0.5) is 8.78 Å². The maximum absolute atomic E-state index is 13.4. The van der Waals surface area contributed by atoms with Gasteiger partial charge in [0.15, 0.2) is 0 Å². The second kappa shape index (κ2) is 5.80. The Labute approximate surface area is 110 Å². The lowest BCUT2D eigenvalue weighted by atomic mass is 10.1. The van der Waals surface area contributed by atoms with Crippen LogP contribution in [0.3, 0.4) is 0 Å².